The number of rotatable bonds is 5. The Morgan fingerprint density at radius 2 is 2.00 bits per heavy atom. The van der Waals surface area contributed by atoms with E-state index in [-0.39, 0.29) is 17.8 Å². The van der Waals surface area contributed by atoms with Crippen LogP contribution in [0, 0.1) is 5.82 Å². The molecule has 1 aromatic heterocycles. The zero-order valence-electron chi connectivity index (χ0n) is 13.6. The van der Waals surface area contributed by atoms with Crippen molar-refractivity contribution in [3.8, 4) is 11.1 Å². The Morgan fingerprint density at radius 3 is 2.71 bits per heavy atom. The summed E-state index contributed by atoms with van der Waals surface area (Å²) in [5.41, 5.74) is 3.28. The first-order chi connectivity index (χ1) is 11.6. The second-order valence-electron chi connectivity index (χ2n) is 5.80. The molecule has 4 nitrogen and oxygen atoms in total. The fraction of sp³-hybridized carbons (Fsp3) is 0.211. The largest absolute Gasteiger partial charge is 0.383 e. The fourth-order valence-electron chi connectivity index (χ4n) is 2.74. The molecule has 1 heterocycles. The van der Waals surface area contributed by atoms with E-state index in [4.69, 9.17) is 4.74 Å². The minimum atomic E-state index is -0.270. The Bertz CT molecular complexity index is 855. The second-order valence-corrected chi connectivity index (χ2v) is 5.80. The van der Waals surface area contributed by atoms with E-state index in [9.17, 15) is 9.18 Å². The van der Waals surface area contributed by atoms with Gasteiger partial charge in [-0.1, -0.05) is 12.1 Å². The van der Waals surface area contributed by atoms with E-state index >= 15 is 0 Å². The van der Waals surface area contributed by atoms with E-state index in [0.29, 0.717) is 12.2 Å². The van der Waals surface area contributed by atoms with Crippen molar-refractivity contribution in [3.63, 3.8) is 0 Å². The molecule has 0 aliphatic rings. The minimum Gasteiger partial charge on any atom is -0.383 e. The molecule has 0 saturated carbocycles. The first-order valence-electron chi connectivity index (χ1n) is 7.75. The van der Waals surface area contributed by atoms with Gasteiger partial charge in [-0.25, -0.2) is 4.39 Å². The van der Waals surface area contributed by atoms with E-state index in [1.54, 1.807) is 25.3 Å². The molecular formula is C19H19FN2O2. The van der Waals surface area contributed by atoms with Crippen molar-refractivity contribution in [2.45, 2.75) is 13.0 Å². The highest BCUT2D eigenvalue weighted by Crippen LogP contribution is 2.29. The van der Waals surface area contributed by atoms with Crippen LogP contribution in [0.3, 0.4) is 0 Å². The van der Waals surface area contributed by atoms with Gasteiger partial charge in [-0.05, 0) is 42.8 Å². The third kappa shape index (κ3) is 3.31. The summed E-state index contributed by atoms with van der Waals surface area (Å²) in [4.78, 5) is 15.2. The molecule has 0 radical (unpaired) electrons. The first-order valence-corrected chi connectivity index (χ1v) is 7.75. The zero-order valence-corrected chi connectivity index (χ0v) is 13.6. The van der Waals surface area contributed by atoms with Crippen molar-refractivity contribution in [2.75, 3.05) is 13.7 Å². The van der Waals surface area contributed by atoms with Crippen LogP contribution in [-0.4, -0.2) is 30.6 Å². The molecule has 1 amide bonds. The van der Waals surface area contributed by atoms with Crippen LogP contribution >= 0.6 is 0 Å². The average molecular weight is 326 g/mol. The molecule has 5 heteroatoms. The molecule has 124 valence electrons. The van der Waals surface area contributed by atoms with E-state index < -0.39 is 0 Å². The maximum Gasteiger partial charge on any atom is 0.251 e. The molecule has 0 bridgehead atoms. The Morgan fingerprint density at radius 1 is 1.25 bits per heavy atom. The van der Waals surface area contributed by atoms with Crippen LogP contribution in [0.5, 0.6) is 0 Å². The van der Waals surface area contributed by atoms with E-state index in [1.807, 2.05) is 25.3 Å². The number of methoxy groups -OCH3 is 1. The Balaban J connectivity index is 1.82. The van der Waals surface area contributed by atoms with Crippen LogP contribution in [-0.2, 0) is 4.74 Å². The number of aromatic amines is 1. The number of nitrogens with one attached hydrogen (secondary N) is 2. The molecule has 24 heavy (non-hydrogen) atoms. The maximum absolute atomic E-state index is 13.3. The van der Waals surface area contributed by atoms with Crippen LogP contribution in [0.15, 0.2) is 48.7 Å². The third-order valence-corrected chi connectivity index (χ3v) is 3.90. The number of hydrogen-bond acceptors (Lipinski definition) is 2. The highest BCUT2D eigenvalue weighted by atomic mass is 19.1. The van der Waals surface area contributed by atoms with Crippen LogP contribution in [0.25, 0.3) is 22.0 Å². The lowest BCUT2D eigenvalue weighted by atomic mass is 10.0. The van der Waals surface area contributed by atoms with Gasteiger partial charge >= 0.3 is 0 Å². The first kappa shape index (κ1) is 16.2. The van der Waals surface area contributed by atoms with Gasteiger partial charge in [0.05, 0.1) is 6.61 Å². The maximum atomic E-state index is 13.3. The van der Waals surface area contributed by atoms with Crippen molar-refractivity contribution in [1.82, 2.24) is 10.3 Å². The Labute approximate surface area is 139 Å². The van der Waals surface area contributed by atoms with Gasteiger partial charge < -0.3 is 15.0 Å². The van der Waals surface area contributed by atoms with Gasteiger partial charge in [-0.3, -0.25) is 4.79 Å². The molecule has 0 fully saturated rings. The molecule has 3 aromatic rings. The van der Waals surface area contributed by atoms with E-state index in [2.05, 4.69) is 10.3 Å². The van der Waals surface area contributed by atoms with Crippen molar-refractivity contribution in [3.05, 3.63) is 60.0 Å². The fourth-order valence-corrected chi connectivity index (χ4v) is 2.74. The van der Waals surface area contributed by atoms with Crippen LogP contribution in [0.1, 0.15) is 17.3 Å². The lowest BCUT2D eigenvalue weighted by molar-refractivity contribution is 0.0905. The number of ether oxygens (including phenoxy) is 1. The van der Waals surface area contributed by atoms with Crippen LogP contribution in [0.2, 0.25) is 0 Å². The molecule has 2 aromatic carbocycles. The number of H-pyrrole nitrogens is 1. The molecular weight excluding hydrogens is 307 g/mol. The van der Waals surface area contributed by atoms with Gasteiger partial charge in [0, 0.05) is 41.4 Å². The molecule has 0 aliphatic carbocycles. The van der Waals surface area contributed by atoms with E-state index in [1.165, 1.54) is 12.1 Å². The highest BCUT2D eigenvalue weighted by Gasteiger charge is 2.11. The number of hydrogen-bond donors (Lipinski definition) is 2. The number of fused-ring (bicyclic) bond motifs is 1. The monoisotopic (exact) mass is 326 g/mol. The number of aromatic nitrogens is 1. The number of carbonyl (C=O) groups is 1. The van der Waals surface area contributed by atoms with Crippen LogP contribution < -0.4 is 5.32 Å². The summed E-state index contributed by atoms with van der Waals surface area (Å²) in [5.74, 6) is -0.403. The molecule has 0 spiro atoms. The Hall–Kier alpha value is -2.66. The number of carbonyl (C=O) groups excluding carboxylic acids is 1. The Kier molecular flexibility index (Phi) is 4.62. The van der Waals surface area contributed by atoms with Gasteiger partial charge in [-0.15, -0.1) is 0 Å². The van der Waals surface area contributed by atoms with Crippen molar-refractivity contribution in [1.29, 1.82) is 0 Å². The molecule has 0 aliphatic heterocycles. The summed E-state index contributed by atoms with van der Waals surface area (Å²) in [5, 5.41) is 3.82. The van der Waals surface area contributed by atoms with Crippen molar-refractivity contribution in [2.24, 2.45) is 0 Å². The summed E-state index contributed by atoms with van der Waals surface area (Å²) in [6, 6.07) is 12.0. The number of halogens is 1. The lowest BCUT2D eigenvalue weighted by Gasteiger charge is -2.12. The minimum absolute atomic E-state index is 0.0503. The van der Waals surface area contributed by atoms with Gasteiger partial charge in [-0.2, -0.15) is 0 Å². The molecule has 0 saturated heterocycles. The molecule has 1 atom stereocenters. The van der Waals surface area contributed by atoms with Gasteiger partial charge in [0.1, 0.15) is 5.82 Å². The highest BCUT2D eigenvalue weighted by molar-refractivity contribution is 5.97. The van der Waals surface area contributed by atoms with Crippen LogP contribution in [0.4, 0.5) is 4.39 Å². The third-order valence-electron chi connectivity index (χ3n) is 3.90. The quantitative estimate of drug-likeness (QED) is 0.750. The standard InChI is InChI=1S/C19H19FN2O2/c1-12(11-24-2)22-19(23)14-5-3-13(4-6-14)17-10-21-18-9-15(20)7-8-16(17)18/h3-10,12,21H,11H2,1-2H3,(H,22,23)/t12-/m1/s1. The topological polar surface area (TPSA) is 54.1 Å². The summed E-state index contributed by atoms with van der Waals surface area (Å²) < 4.78 is 18.3. The predicted molar refractivity (Wildman–Crippen MR) is 92.5 cm³/mol. The van der Waals surface area contributed by atoms with Gasteiger partial charge in [0.15, 0.2) is 0 Å². The number of amides is 1. The zero-order chi connectivity index (χ0) is 17.1. The summed E-state index contributed by atoms with van der Waals surface area (Å²) in [6.07, 6.45) is 1.85. The van der Waals surface area contributed by atoms with Crippen molar-refractivity contribution >= 4 is 16.8 Å². The van der Waals surface area contributed by atoms with Crippen molar-refractivity contribution < 1.29 is 13.9 Å². The molecule has 0 unspecified atom stereocenters. The predicted octanol–water partition coefficient (Wildman–Crippen LogP) is 3.74. The molecule has 2 N–H and O–H groups in total. The number of benzene rings is 2. The SMILES string of the molecule is COC[C@@H](C)NC(=O)c1ccc(-c2c[nH]c3cc(F)ccc23)cc1. The summed E-state index contributed by atoms with van der Waals surface area (Å²) in [6.45, 7) is 2.36. The summed E-state index contributed by atoms with van der Waals surface area (Å²) in [7, 11) is 1.60. The second kappa shape index (κ2) is 6.84. The average Bonchev–Trinajstić information content (AvgIpc) is 2.98. The normalized spacial score (nSPS) is 12.3. The van der Waals surface area contributed by atoms with Gasteiger partial charge in [0.2, 0.25) is 0 Å². The van der Waals surface area contributed by atoms with E-state index in [0.717, 1.165) is 22.0 Å². The lowest BCUT2D eigenvalue weighted by Crippen LogP contribution is -2.35. The summed E-state index contributed by atoms with van der Waals surface area (Å²) >= 11 is 0. The molecule has 3 rings (SSSR count). The van der Waals surface area contributed by atoms with Gasteiger partial charge in [0.25, 0.3) is 5.91 Å². The smallest absolute Gasteiger partial charge is 0.251 e.